The summed E-state index contributed by atoms with van der Waals surface area (Å²) >= 11 is 1.90. The Morgan fingerprint density at radius 1 is 1.17 bits per heavy atom. The number of aliphatic hydroxyl groups is 1. The molecule has 23 heavy (non-hydrogen) atoms. The van der Waals surface area contributed by atoms with Gasteiger partial charge in [0.2, 0.25) is 6.79 Å². The van der Waals surface area contributed by atoms with Crippen molar-refractivity contribution >= 4 is 11.8 Å². The molecule has 120 valence electrons. The SMILES string of the molecule is OC(CNC1CCSc2ccccc21)c1ccc2c(c1)OCO2. The second kappa shape index (κ2) is 6.43. The van der Waals surface area contributed by atoms with Gasteiger partial charge in [0.25, 0.3) is 0 Å². The van der Waals surface area contributed by atoms with E-state index < -0.39 is 6.10 Å². The minimum Gasteiger partial charge on any atom is -0.454 e. The van der Waals surface area contributed by atoms with Crippen LogP contribution in [0.1, 0.15) is 29.7 Å². The van der Waals surface area contributed by atoms with Crippen molar-refractivity contribution in [3.63, 3.8) is 0 Å². The lowest BCUT2D eigenvalue weighted by Crippen LogP contribution is -2.28. The number of ether oxygens (including phenoxy) is 2. The average Bonchev–Trinajstić information content (AvgIpc) is 3.07. The quantitative estimate of drug-likeness (QED) is 0.901. The number of nitrogens with one attached hydrogen (secondary N) is 1. The molecule has 0 fully saturated rings. The van der Waals surface area contributed by atoms with Crippen molar-refractivity contribution in [3.8, 4) is 11.5 Å². The number of aliphatic hydroxyl groups excluding tert-OH is 1. The van der Waals surface area contributed by atoms with Gasteiger partial charge in [-0.25, -0.2) is 0 Å². The molecule has 5 heteroatoms. The van der Waals surface area contributed by atoms with Crippen LogP contribution in [-0.2, 0) is 0 Å². The van der Waals surface area contributed by atoms with E-state index in [1.165, 1.54) is 10.5 Å². The first kappa shape index (κ1) is 14.9. The maximum atomic E-state index is 10.5. The van der Waals surface area contributed by atoms with Crippen LogP contribution in [0.4, 0.5) is 0 Å². The maximum absolute atomic E-state index is 10.5. The predicted molar refractivity (Wildman–Crippen MR) is 90.1 cm³/mol. The summed E-state index contributed by atoms with van der Waals surface area (Å²) in [6.07, 6.45) is 0.515. The van der Waals surface area contributed by atoms with Crippen LogP contribution < -0.4 is 14.8 Å². The zero-order valence-electron chi connectivity index (χ0n) is 12.7. The number of benzene rings is 2. The molecule has 2 atom stereocenters. The fourth-order valence-corrected chi connectivity index (χ4v) is 4.17. The first-order valence-corrected chi connectivity index (χ1v) is 8.82. The summed E-state index contributed by atoms with van der Waals surface area (Å²) in [5.41, 5.74) is 2.18. The lowest BCUT2D eigenvalue weighted by atomic mass is 10.0. The van der Waals surface area contributed by atoms with Crippen LogP contribution in [0.2, 0.25) is 0 Å². The summed E-state index contributed by atoms with van der Waals surface area (Å²) < 4.78 is 10.7. The van der Waals surface area contributed by atoms with Crippen LogP contribution >= 0.6 is 11.8 Å². The molecule has 2 aromatic carbocycles. The van der Waals surface area contributed by atoms with E-state index in [0.29, 0.717) is 18.3 Å². The second-order valence-electron chi connectivity index (χ2n) is 5.76. The van der Waals surface area contributed by atoms with E-state index in [1.807, 2.05) is 30.0 Å². The Hall–Kier alpha value is -1.69. The number of hydrogen-bond donors (Lipinski definition) is 2. The van der Waals surface area contributed by atoms with E-state index in [4.69, 9.17) is 9.47 Å². The topological polar surface area (TPSA) is 50.7 Å². The van der Waals surface area contributed by atoms with Crippen molar-refractivity contribution < 1.29 is 14.6 Å². The number of thioether (sulfide) groups is 1. The zero-order valence-corrected chi connectivity index (χ0v) is 13.5. The van der Waals surface area contributed by atoms with Crippen molar-refractivity contribution in [1.82, 2.24) is 5.32 Å². The Balaban J connectivity index is 1.43. The summed E-state index contributed by atoms with van der Waals surface area (Å²) in [4.78, 5) is 1.34. The zero-order chi connectivity index (χ0) is 15.6. The molecule has 4 rings (SSSR count). The standard InChI is InChI=1S/C18H19NO3S/c20-15(12-5-6-16-17(9-12)22-11-21-16)10-19-14-7-8-23-18-4-2-1-3-13(14)18/h1-6,9,14-15,19-20H,7-8,10-11H2. The van der Waals surface area contributed by atoms with E-state index >= 15 is 0 Å². The van der Waals surface area contributed by atoms with E-state index in [0.717, 1.165) is 23.5 Å². The van der Waals surface area contributed by atoms with E-state index in [-0.39, 0.29) is 6.79 Å². The Morgan fingerprint density at radius 2 is 2.04 bits per heavy atom. The first-order valence-electron chi connectivity index (χ1n) is 7.84. The van der Waals surface area contributed by atoms with Gasteiger partial charge in [-0.2, -0.15) is 0 Å². The van der Waals surface area contributed by atoms with E-state index in [2.05, 4.69) is 29.6 Å². The lowest BCUT2D eigenvalue weighted by molar-refractivity contribution is 0.167. The minimum atomic E-state index is -0.564. The van der Waals surface area contributed by atoms with Crippen molar-refractivity contribution in [2.75, 3.05) is 19.1 Å². The molecule has 2 heterocycles. The molecule has 4 nitrogen and oxygen atoms in total. The van der Waals surface area contributed by atoms with Crippen molar-refractivity contribution in [3.05, 3.63) is 53.6 Å². The molecule has 0 radical (unpaired) electrons. The van der Waals surface area contributed by atoms with Gasteiger partial charge in [0.15, 0.2) is 11.5 Å². The summed E-state index contributed by atoms with van der Waals surface area (Å²) in [6, 6.07) is 14.4. The van der Waals surface area contributed by atoms with Crippen LogP contribution in [0.3, 0.4) is 0 Å². The molecule has 2 unspecified atom stereocenters. The largest absolute Gasteiger partial charge is 0.454 e. The third-order valence-corrected chi connectivity index (χ3v) is 5.42. The summed E-state index contributed by atoms with van der Waals surface area (Å²) in [5.74, 6) is 2.56. The monoisotopic (exact) mass is 329 g/mol. The van der Waals surface area contributed by atoms with E-state index in [9.17, 15) is 5.11 Å². The van der Waals surface area contributed by atoms with Crippen molar-refractivity contribution in [2.45, 2.75) is 23.5 Å². The van der Waals surface area contributed by atoms with Gasteiger partial charge in [0, 0.05) is 17.5 Å². The van der Waals surface area contributed by atoms with Gasteiger partial charge in [-0.05, 0) is 41.5 Å². The molecule has 2 aromatic rings. The van der Waals surface area contributed by atoms with Gasteiger partial charge in [0.05, 0.1) is 6.10 Å². The van der Waals surface area contributed by atoms with Crippen LogP contribution in [-0.4, -0.2) is 24.2 Å². The fourth-order valence-electron chi connectivity index (χ4n) is 3.05. The fraction of sp³-hybridized carbons (Fsp3) is 0.333. The number of rotatable bonds is 4. The molecule has 2 N–H and O–H groups in total. The Morgan fingerprint density at radius 3 is 3.00 bits per heavy atom. The third kappa shape index (κ3) is 3.04. The molecule has 0 spiro atoms. The van der Waals surface area contributed by atoms with Gasteiger partial charge in [0.1, 0.15) is 0 Å². The molecule has 0 bridgehead atoms. The highest BCUT2D eigenvalue weighted by Gasteiger charge is 2.22. The molecular formula is C18H19NO3S. The third-order valence-electron chi connectivity index (χ3n) is 4.30. The van der Waals surface area contributed by atoms with Gasteiger partial charge in [-0.3, -0.25) is 0 Å². The highest BCUT2D eigenvalue weighted by molar-refractivity contribution is 7.99. The summed E-state index contributed by atoms with van der Waals surface area (Å²) in [5, 5.41) is 14.0. The Kier molecular flexibility index (Phi) is 4.16. The molecule has 0 saturated heterocycles. The predicted octanol–water partition coefficient (Wildman–Crippen LogP) is 3.28. The molecule has 0 saturated carbocycles. The van der Waals surface area contributed by atoms with Crippen LogP contribution in [0.25, 0.3) is 0 Å². The normalized spacial score (nSPS) is 20.1. The first-order chi connectivity index (χ1) is 11.3. The summed E-state index contributed by atoms with van der Waals surface area (Å²) in [6.45, 7) is 0.771. The molecular weight excluding hydrogens is 310 g/mol. The Bertz CT molecular complexity index is 706. The second-order valence-corrected chi connectivity index (χ2v) is 6.90. The molecule has 2 aliphatic heterocycles. The van der Waals surface area contributed by atoms with Gasteiger partial charge >= 0.3 is 0 Å². The van der Waals surface area contributed by atoms with Crippen LogP contribution in [0.5, 0.6) is 11.5 Å². The molecule has 2 aliphatic rings. The number of fused-ring (bicyclic) bond motifs is 2. The molecule has 0 aromatic heterocycles. The van der Waals surface area contributed by atoms with Crippen molar-refractivity contribution in [1.29, 1.82) is 0 Å². The van der Waals surface area contributed by atoms with Gasteiger partial charge in [-0.1, -0.05) is 24.3 Å². The molecule has 0 aliphatic carbocycles. The average molecular weight is 329 g/mol. The Labute approximate surface area is 139 Å². The van der Waals surface area contributed by atoms with E-state index in [1.54, 1.807) is 0 Å². The molecule has 0 amide bonds. The van der Waals surface area contributed by atoms with Crippen LogP contribution in [0.15, 0.2) is 47.4 Å². The summed E-state index contributed by atoms with van der Waals surface area (Å²) in [7, 11) is 0. The van der Waals surface area contributed by atoms with Gasteiger partial charge in [-0.15, -0.1) is 11.8 Å². The lowest BCUT2D eigenvalue weighted by Gasteiger charge is -2.27. The smallest absolute Gasteiger partial charge is 0.231 e. The van der Waals surface area contributed by atoms with Crippen molar-refractivity contribution in [2.24, 2.45) is 0 Å². The van der Waals surface area contributed by atoms with Gasteiger partial charge < -0.3 is 19.9 Å². The maximum Gasteiger partial charge on any atom is 0.231 e. The van der Waals surface area contributed by atoms with Crippen LogP contribution in [0, 0.1) is 0 Å². The number of hydrogen-bond acceptors (Lipinski definition) is 5. The highest BCUT2D eigenvalue weighted by Crippen LogP contribution is 2.37. The highest BCUT2D eigenvalue weighted by atomic mass is 32.2. The minimum absolute atomic E-state index is 0.254.